The molecule has 2 aromatic heterocycles. The quantitative estimate of drug-likeness (QED) is 0.610. The predicted octanol–water partition coefficient (Wildman–Crippen LogP) is 1.09. The zero-order valence-electron chi connectivity index (χ0n) is 9.50. The fraction of sp³-hybridized carbons (Fsp3) is 0.300. The number of rotatable bonds is 5. The monoisotopic (exact) mass is 250 g/mol. The Kier molecular flexibility index (Phi) is 3.81. The lowest BCUT2D eigenvalue weighted by molar-refractivity contribution is 0.724. The van der Waals surface area contributed by atoms with Crippen molar-refractivity contribution in [3.05, 3.63) is 24.8 Å². The van der Waals surface area contributed by atoms with Crippen molar-refractivity contribution >= 4 is 23.4 Å². The van der Waals surface area contributed by atoms with E-state index < -0.39 is 0 Å². The van der Waals surface area contributed by atoms with Gasteiger partial charge in [-0.3, -0.25) is 0 Å². The van der Waals surface area contributed by atoms with Gasteiger partial charge in [0.15, 0.2) is 5.16 Å². The van der Waals surface area contributed by atoms with Crippen LogP contribution in [-0.2, 0) is 6.54 Å². The Morgan fingerprint density at radius 3 is 3.06 bits per heavy atom. The van der Waals surface area contributed by atoms with Crippen molar-refractivity contribution in [1.82, 2.24) is 19.5 Å². The molecule has 2 rings (SSSR count). The molecule has 0 fully saturated rings. The van der Waals surface area contributed by atoms with Gasteiger partial charge in [0.2, 0.25) is 0 Å². The van der Waals surface area contributed by atoms with Crippen molar-refractivity contribution in [3.63, 3.8) is 0 Å². The lowest BCUT2D eigenvalue weighted by Crippen LogP contribution is -2.11. The standard InChI is InChI=1S/C10H14N6S/c1-17-10-14-8(11)6-9(15-10)13-3-5-16-4-2-12-7-16/h2,4,6-7H,3,5H2,1H3,(H3,11,13,14,15). The van der Waals surface area contributed by atoms with Gasteiger partial charge in [-0.05, 0) is 6.26 Å². The van der Waals surface area contributed by atoms with Crippen molar-refractivity contribution in [1.29, 1.82) is 0 Å². The molecule has 2 aromatic rings. The summed E-state index contributed by atoms with van der Waals surface area (Å²) < 4.78 is 1.99. The highest BCUT2D eigenvalue weighted by Crippen LogP contribution is 2.14. The van der Waals surface area contributed by atoms with Crippen LogP contribution in [0.4, 0.5) is 11.6 Å². The van der Waals surface area contributed by atoms with E-state index in [0.29, 0.717) is 11.0 Å². The van der Waals surface area contributed by atoms with E-state index >= 15 is 0 Å². The molecule has 0 bridgehead atoms. The molecule has 0 radical (unpaired) electrons. The van der Waals surface area contributed by atoms with E-state index in [1.807, 2.05) is 17.0 Å². The van der Waals surface area contributed by atoms with Gasteiger partial charge in [0.1, 0.15) is 11.6 Å². The SMILES string of the molecule is CSc1nc(N)cc(NCCn2ccnc2)n1. The van der Waals surface area contributed by atoms with Gasteiger partial charge in [-0.1, -0.05) is 11.8 Å². The molecule has 7 heteroatoms. The molecule has 0 amide bonds. The fourth-order valence-corrected chi connectivity index (χ4v) is 1.74. The molecule has 0 spiro atoms. The summed E-state index contributed by atoms with van der Waals surface area (Å²) in [6.07, 6.45) is 7.38. The van der Waals surface area contributed by atoms with Crippen molar-refractivity contribution < 1.29 is 0 Å². The zero-order valence-corrected chi connectivity index (χ0v) is 10.3. The van der Waals surface area contributed by atoms with E-state index in [2.05, 4.69) is 20.3 Å². The normalized spacial score (nSPS) is 10.4. The third kappa shape index (κ3) is 3.35. The molecule has 0 aliphatic rings. The maximum Gasteiger partial charge on any atom is 0.191 e. The number of imidazole rings is 1. The van der Waals surface area contributed by atoms with Crippen LogP contribution in [0.3, 0.4) is 0 Å². The Labute approximate surface area is 104 Å². The summed E-state index contributed by atoms with van der Waals surface area (Å²) in [4.78, 5) is 12.4. The highest BCUT2D eigenvalue weighted by atomic mass is 32.2. The lowest BCUT2D eigenvalue weighted by atomic mass is 10.5. The van der Waals surface area contributed by atoms with Gasteiger partial charge in [0.25, 0.3) is 0 Å². The number of hydrogen-bond acceptors (Lipinski definition) is 6. The summed E-state index contributed by atoms with van der Waals surface area (Å²) in [6, 6.07) is 1.73. The van der Waals surface area contributed by atoms with Gasteiger partial charge < -0.3 is 15.6 Å². The number of aromatic nitrogens is 4. The Morgan fingerprint density at radius 2 is 2.35 bits per heavy atom. The Balaban J connectivity index is 1.92. The van der Waals surface area contributed by atoms with Crippen LogP contribution in [0.1, 0.15) is 0 Å². The van der Waals surface area contributed by atoms with E-state index in [1.165, 1.54) is 11.8 Å². The van der Waals surface area contributed by atoms with Crippen LogP contribution in [0.5, 0.6) is 0 Å². The molecule has 2 heterocycles. The van der Waals surface area contributed by atoms with E-state index in [1.54, 1.807) is 18.6 Å². The molecule has 0 aromatic carbocycles. The predicted molar refractivity (Wildman–Crippen MR) is 68.9 cm³/mol. The average molecular weight is 250 g/mol. The second kappa shape index (κ2) is 5.53. The van der Waals surface area contributed by atoms with Crippen molar-refractivity contribution in [3.8, 4) is 0 Å². The van der Waals surface area contributed by atoms with Crippen LogP contribution in [0.15, 0.2) is 29.9 Å². The third-order valence-corrected chi connectivity index (χ3v) is 2.69. The first-order chi connectivity index (χ1) is 8.28. The number of hydrogen-bond donors (Lipinski definition) is 2. The highest BCUT2D eigenvalue weighted by molar-refractivity contribution is 7.98. The minimum atomic E-state index is 0.481. The van der Waals surface area contributed by atoms with Gasteiger partial charge in [-0.25, -0.2) is 15.0 Å². The summed E-state index contributed by atoms with van der Waals surface area (Å²) in [5.74, 6) is 1.23. The molecule has 0 saturated heterocycles. The molecule has 0 saturated carbocycles. The maximum absolute atomic E-state index is 5.68. The van der Waals surface area contributed by atoms with E-state index in [-0.39, 0.29) is 0 Å². The van der Waals surface area contributed by atoms with Gasteiger partial charge in [0, 0.05) is 31.5 Å². The van der Waals surface area contributed by atoms with Crippen LogP contribution < -0.4 is 11.1 Å². The summed E-state index contributed by atoms with van der Waals surface area (Å²) in [5, 5.41) is 3.88. The minimum absolute atomic E-state index is 0.481. The molecule has 3 N–H and O–H groups in total. The van der Waals surface area contributed by atoms with Crippen molar-refractivity contribution in [2.24, 2.45) is 0 Å². The first-order valence-electron chi connectivity index (χ1n) is 5.16. The lowest BCUT2D eigenvalue weighted by Gasteiger charge is -2.07. The number of nitrogens with two attached hydrogens (primary N) is 1. The van der Waals surface area contributed by atoms with E-state index in [0.717, 1.165) is 18.9 Å². The van der Waals surface area contributed by atoms with Crippen molar-refractivity contribution in [2.75, 3.05) is 23.9 Å². The minimum Gasteiger partial charge on any atom is -0.383 e. The molecular formula is C10H14N6S. The molecule has 17 heavy (non-hydrogen) atoms. The molecule has 6 nitrogen and oxygen atoms in total. The van der Waals surface area contributed by atoms with Gasteiger partial charge in [0.05, 0.1) is 6.33 Å². The number of nitrogens with one attached hydrogen (secondary N) is 1. The average Bonchev–Trinajstić information content (AvgIpc) is 2.81. The molecular weight excluding hydrogens is 236 g/mol. The Morgan fingerprint density at radius 1 is 1.47 bits per heavy atom. The molecule has 0 aliphatic carbocycles. The van der Waals surface area contributed by atoms with Crippen LogP contribution in [0, 0.1) is 0 Å². The topological polar surface area (TPSA) is 81.6 Å². The molecule has 0 atom stereocenters. The Hall–Kier alpha value is -1.76. The second-order valence-corrected chi connectivity index (χ2v) is 4.17. The number of nitrogens with zero attached hydrogens (tertiary/aromatic N) is 4. The summed E-state index contributed by atoms with van der Waals surface area (Å²) in [6.45, 7) is 1.60. The maximum atomic E-state index is 5.68. The molecule has 0 unspecified atom stereocenters. The largest absolute Gasteiger partial charge is 0.383 e. The summed E-state index contributed by atoms with van der Waals surface area (Å²) in [7, 11) is 0. The first kappa shape index (κ1) is 11.7. The fourth-order valence-electron chi connectivity index (χ4n) is 1.36. The summed E-state index contributed by atoms with van der Waals surface area (Å²) in [5.41, 5.74) is 5.68. The number of thioether (sulfide) groups is 1. The molecule has 0 aliphatic heterocycles. The first-order valence-corrected chi connectivity index (χ1v) is 6.38. The number of nitrogen functional groups attached to an aromatic ring is 1. The summed E-state index contributed by atoms with van der Waals surface area (Å²) >= 11 is 1.47. The second-order valence-electron chi connectivity index (χ2n) is 3.39. The smallest absolute Gasteiger partial charge is 0.191 e. The highest BCUT2D eigenvalue weighted by Gasteiger charge is 2.00. The number of anilines is 2. The Bertz CT molecular complexity index is 470. The van der Waals surface area contributed by atoms with Gasteiger partial charge in [-0.2, -0.15) is 0 Å². The third-order valence-electron chi connectivity index (χ3n) is 2.14. The van der Waals surface area contributed by atoms with Crippen LogP contribution in [0.2, 0.25) is 0 Å². The van der Waals surface area contributed by atoms with Crippen LogP contribution in [-0.4, -0.2) is 32.3 Å². The van der Waals surface area contributed by atoms with Crippen molar-refractivity contribution in [2.45, 2.75) is 11.7 Å². The van der Waals surface area contributed by atoms with Gasteiger partial charge >= 0.3 is 0 Å². The zero-order chi connectivity index (χ0) is 12.1. The van der Waals surface area contributed by atoms with Crippen LogP contribution >= 0.6 is 11.8 Å². The van der Waals surface area contributed by atoms with E-state index in [9.17, 15) is 0 Å². The van der Waals surface area contributed by atoms with Gasteiger partial charge in [-0.15, -0.1) is 0 Å². The van der Waals surface area contributed by atoms with E-state index in [4.69, 9.17) is 5.73 Å². The van der Waals surface area contributed by atoms with Crippen LogP contribution in [0.25, 0.3) is 0 Å². The molecule has 90 valence electrons.